The molecule has 0 saturated carbocycles. The Morgan fingerprint density at radius 1 is 0.905 bits per heavy atom. The number of carbonyl (C=O) groups excluding carboxylic acids is 1. The van der Waals surface area contributed by atoms with Crippen LogP contribution in [-0.4, -0.2) is 82.4 Å². The van der Waals surface area contributed by atoms with E-state index in [2.05, 4.69) is 4.31 Å². The molecule has 0 amide bonds. The van der Waals surface area contributed by atoms with E-state index in [0.29, 0.717) is 0 Å². The van der Waals surface area contributed by atoms with Gasteiger partial charge in [0.25, 0.3) is 0 Å². The fourth-order valence-electron chi connectivity index (χ4n) is 0.757. The lowest BCUT2D eigenvalue weighted by Gasteiger charge is -2.22. The summed E-state index contributed by atoms with van der Waals surface area (Å²) in [4.78, 5) is 40.9. The molecule has 0 aliphatic carbocycles. The first kappa shape index (κ1) is 23.0. The summed E-state index contributed by atoms with van der Waals surface area (Å²) in [5.41, 5.74) is 0. The third-order valence-corrected chi connectivity index (χ3v) is 3.34. The van der Waals surface area contributed by atoms with Crippen molar-refractivity contribution in [2.45, 2.75) is 24.4 Å². The van der Waals surface area contributed by atoms with E-state index in [1.807, 2.05) is 0 Å². The van der Waals surface area contributed by atoms with E-state index in [1.165, 1.54) is 0 Å². The van der Waals surface area contributed by atoms with Crippen molar-refractivity contribution in [3.05, 3.63) is 0 Å². The van der Waals surface area contributed by atoms with Crippen molar-refractivity contribution < 1.29 is 63.3 Å². The van der Waals surface area contributed by atoms with Gasteiger partial charge >= 0.3 is 15.6 Å². The second-order valence-electron chi connectivity index (χ2n) is 3.42. The lowest BCUT2D eigenvalue weighted by molar-refractivity contribution is -0.136. The van der Waals surface area contributed by atoms with Crippen molar-refractivity contribution in [3.8, 4) is 0 Å². The van der Waals surface area contributed by atoms with Crippen molar-refractivity contribution in [3.63, 3.8) is 0 Å². The molecule has 0 rings (SSSR count). The molecule has 0 aromatic rings. The zero-order chi connectivity index (χ0) is 17.4. The van der Waals surface area contributed by atoms with Gasteiger partial charge in [0.05, 0.1) is 6.61 Å². The number of aliphatic hydroxyl groups is 5. The van der Waals surface area contributed by atoms with E-state index in [9.17, 15) is 13.9 Å². The standard InChI is InChI=1S/C6H12O6.H4O7P2/c7-1-3(9)5(11)6(12)4(10)2-8;1-8(2,3)7-9(4,5)6/h1,3-6,8-12H,2H2;(H2,1,2,3)(H2,4,5,6)/t3-,4-,5-,6-;/m1./s1. The molecule has 0 unspecified atom stereocenters. The van der Waals surface area contributed by atoms with Gasteiger partial charge in [-0.25, -0.2) is 9.13 Å². The van der Waals surface area contributed by atoms with Gasteiger partial charge in [-0.2, -0.15) is 4.31 Å². The second kappa shape index (κ2) is 9.69. The molecule has 13 nitrogen and oxygen atoms in total. The van der Waals surface area contributed by atoms with Crippen molar-refractivity contribution >= 4 is 21.9 Å². The topological polar surface area (TPSA) is 243 Å². The van der Waals surface area contributed by atoms with Gasteiger partial charge in [0.2, 0.25) is 0 Å². The van der Waals surface area contributed by atoms with Gasteiger partial charge in [0, 0.05) is 0 Å². The molecule has 0 bridgehead atoms. The monoisotopic (exact) mass is 358 g/mol. The first-order valence-electron chi connectivity index (χ1n) is 4.86. The first-order valence-corrected chi connectivity index (χ1v) is 7.92. The van der Waals surface area contributed by atoms with Crippen LogP contribution < -0.4 is 0 Å². The summed E-state index contributed by atoms with van der Waals surface area (Å²) in [5.74, 6) is 0. The summed E-state index contributed by atoms with van der Waals surface area (Å²) in [6, 6.07) is 0. The minimum absolute atomic E-state index is 0.0258. The van der Waals surface area contributed by atoms with Crippen LogP contribution in [0.1, 0.15) is 0 Å². The predicted molar refractivity (Wildman–Crippen MR) is 62.4 cm³/mol. The average molecular weight is 358 g/mol. The van der Waals surface area contributed by atoms with E-state index in [4.69, 9.17) is 45.1 Å². The van der Waals surface area contributed by atoms with Crippen LogP contribution in [-0.2, 0) is 18.2 Å². The minimum Gasteiger partial charge on any atom is -0.394 e. The molecule has 0 fully saturated rings. The zero-order valence-corrected chi connectivity index (χ0v) is 11.9. The Kier molecular flexibility index (Phi) is 10.6. The molecule has 0 radical (unpaired) electrons. The molecule has 0 aromatic carbocycles. The van der Waals surface area contributed by atoms with E-state index >= 15 is 0 Å². The Balaban J connectivity index is 0. The van der Waals surface area contributed by atoms with E-state index < -0.39 is 46.7 Å². The molecule has 0 saturated heterocycles. The average Bonchev–Trinajstić information content (AvgIpc) is 2.31. The maximum atomic E-state index is 9.90. The number of hydrogen-bond acceptors (Lipinski definition) is 9. The van der Waals surface area contributed by atoms with Gasteiger partial charge in [0.1, 0.15) is 24.4 Å². The van der Waals surface area contributed by atoms with Gasteiger partial charge in [-0.1, -0.05) is 0 Å². The molecule has 0 heterocycles. The summed E-state index contributed by atoms with van der Waals surface area (Å²) in [5, 5.41) is 43.5. The van der Waals surface area contributed by atoms with Gasteiger partial charge in [-0.15, -0.1) is 0 Å². The Bertz CT molecular complexity index is 366. The second-order valence-corrected chi connectivity index (χ2v) is 6.04. The van der Waals surface area contributed by atoms with Gasteiger partial charge in [-0.3, -0.25) is 0 Å². The molecule has 15 heteroatoms. The number of carbonyl (C=O) groups is 1. The summed E-state index contributed by atoms with van der Waals surface area (Å²) >= 11 is 0. The van der Waals surface area contributed by atoms with Crippen molar-refractivity contribution in [2.24, 2.45) is 0 Å². The maximum absolute atomic E-state index is 9.90. The van der Waals surface area contributed by atoms with Crippen molar-refractivity contribution in [2.75, 3.05) is 6.61 Å². The van der Waals surface area contributed by atoms with E-state index in [0.717, 1.165) is 0 Å². The number of rotatable bonds is 7. The molecular weight excluding hydrogens is 342 g/mol. The molecule has 0 aromatic heterocycles. The number of phosphoric acid groups is 2. The molecule has 128 valence electrons. The van der Waals surface area contributed by atoms with Crippen LogP contribution in [0.25, 0.3) is 0 Å². The maximum Gasteiger partial charge on any atom is 0.478 e. The molecule has 0 aliphatic heterocycles. The molecule has 4 atom stereocenters. The highest BCUT2D eigenvalue weighted by Gasteiger charge is 2.29. The van der Waals surface area contributed by atoms with Gasteiger partial charge < -0.3 is 49.9 Å². The largest absolute Gasteiger partial charge is 0.478 e. The zero-order valence-electron chi connectivity index (χ0n) is 10.1. The first-order chi connectivity index (χ1) is 9.25. The smallest absolute Gasteiger partial charge is 0.394 e. The predicted octanol–water partition coefficient (Wildman–Crippen LogP) is -4.19. The van der Waals surface area contributed by atoms with Crippen LogP contribution >= 0.6 is 15.6 Å². The van der Waals surface area contributed by atoms with E-state index in [1.54, 1.807) is 0 Å². The van der Waals surface area contributed by atoms with Crippen LogP contribution in [0.5, 0.6) is 0 Å². The SMILES string of the molecule is O=C[C@@H](O)[C@@H](O)[C@H](O)[C@H](O)CO.O=P(O)(O)OP(=O)(O)O. The van der Waals surface area contributed by atoms with Crippen LogP contribution in [0.4, 0.5) is 0 Å². The Labute approximate surface area is 117 Å². The molecular formula is C6H16O13P2. The highest BCUT2D eigenvalue weighted by Crippen LogP contribution is 2.53. The lowest BCUT2D eigenvalue weighted by atomic mass is 10.0. The Morgan fingerprint density at radius 3 is 1.48 bits per heavy atom. The molecule has 21 heavy (non-hydrogen) atoms. The summed E-state index contributed by atoms with van der Waals surface area (Å²) in [6.07, 6.45) is -6.84. The van der Waals surface area contributed by atoms with Gasteiger partial charge in [-0.05, 0) is 0 Å². The summed E-state index contributed by atoms with van der Waals surface area (Å²) in [7, 11) is -10.1. The normalized spacial score (nSPS) is 18.0. The highest BCUT2D eigenvalue weighted by molar-refractivity contribution is 7.60. The van der Waals surface area contributed by atoms with Crippen LogP contribution in [0, 0.1) is 0 Å². The fourth-order valence-corrected chi connectivity index (χ4v) is 1.87. The number of aldehydes is 1. The lowest BCUT2D eigenvalue weighted by Crippen LogP contribution is -2.46. The van der Waals surface area contributed by atoms with Crippen molar-refractivity contribution in [1.82, 2.24) is 0 Å². The minimum atomic E-state index is -5.05. The van der Waals surface area contributed by atoms with E-state index in [-0.39, 0.29) is 6.29 Å². The quantitative estimate of drug-likeness (QED) is 0.155. The van der Waals surface area contributed by atoms with Crippen molar-refractivity contribution in [1.29, 1.82) is 0 Å². The number of aliphatic hydroxyl groups excluding tert-OH is 5. The Hall–Kier alpha value is -0.270. The van der Waals surface area contributed by atoms with Crippen LogP contribution in [0.15, 0.2) is 0 Å². The number of hydrogen-bond donors (Lipinski definition) is 9. The van der Waals surface area contributed by atoms with Gasteiger partial charge in [0.15, 0.2) is 6.29 Å². The Morgan fingerprint density at radius 2 is 1.29 bits per heavy atom. The highest BCUT2D eigenvalue weighted by atomic mass is 31.3. The molecule has 0 spiro atoms. The molecule has 9 N–H and O–H groups in total. The summed E-state index contributed by atoms with van der Waals surface area (Å²) in [6.45, 7) is -0.760. The third kappa shape index (κ3) is 13.1. The van der Waals surface area contributed by atoms with Crippen LogP contribution in [0.3, 0.4) is 0 Å². The van der Waals surface area contributed by atoms with Crippen LogP contribution in [0.2, 0.25) is 0 Å². The third-order valence-electron chi connectivity index (χ3n) is 1.63. The summed E-state index contributed by atoms with van der Waals surface area (Å²) < 4.78 is 22.2. The fraction of sp³-hybridized carbons (Fsp3) is 0.833. The molecule has 0 aliphatic rings.